The summed E-state index contributed by atoms with van der Waals surface area (Å²) in [6.45, 7) is 2.02. The number of fused-ring (bicyclic) bond motifs is 1. The summed E-state index contributed by atoms with van der Waals surface area (Å²) < 4.78 is 1.63. The summed E-state index contributed by atoms with van der Waals surface area (Å²) in [6, 6.07) is 7.84. The molecule has 18 heavy (non-hydrogen) atoms. The van der Waals surface area contributed by atoms with E-state index in [1.165, 1.54) is 0 Å². The second-order valence-electron chi connectivity index (χ2n) is 4.45. The summed E-state index contributed by atoms with van der Waals surface area (Å²) in [5.74, 6) is 0.615. The van der Waals surface area contributed by atoms with Gasteiger partial charge in [-0.05, 0) is 25.1 Å². The fourth-order valence-electron chi connectivity index (χ4n) is 2.11. The lowest BCUT2D eigenvalue weighted by atomic mass is 10.1. The van der Waals surface area contributed by atoms with Crippen LogP contribution in [0.5, 0.6) is 0 Å². The summed E-state index contributed by atoms with van der Waals surface area (Å²) in [7, 11) is 1.81. The van der Waals surface area contributed by atoms with Crippen LogP contribution >= 0.6 is 11.6 Å². The van der Waals surface area contributed by atoms with E-state index >= 15 is 0 Å². The molecule has 2 heterocycles. The molecule has 1 aromatic carbocycles. The molecule has 2 aromatic heterocycles. The van der Waals surface area contributed by atoms with E-state index in [1.807, 2.05) is 32.2 Å². The normalized spacial score (nSPS) is 11.3. The summed E-state index contributed by atoms with van der Waals surface area (Å²) in [4.78, 5) is 3.29. The third-order valence-corrected chi connectivity index (χ3v) is 3.35. The van der Waals surface area contributed by atoms with Gasteiger partial charge in [0.1, 0.15) is 5.82 Å². The molecule has 0 aliphatic carbocycles. The SMILES string of the molecule is Cc1cc2cc(Cl)c(-c3cc(N)n(C)n3)cc2[nH]1. The van der Waals surface area contributed by atoms with E-state index in [9.17, 15) is 0 Å². The Morgan fingerprint density at radius 1 is 1.28 bits per heavy atom. The van der Waals surface area contributed by atoms with Crippen molar-refractivity contribution in [2.24, 2.45) is 7.05 Å². The second-order valence-corrected chi connectivity index (χ2v) is 4.86. The van der Waals surface area contributed by atoms with Crippen molar-refractivity contribution in [2.45, 2.75) is 6.92 Å². The van der Waals surface area contributed by atoms with Gasteiger partial charge in [0.15, 0.2) is 0 Å². The molecule has 0 saturated carbocycles. The predicted octanol–water partition coefficient (Wildman–Crippen LogP) is 3.11. The van der Waals surface area contributed by atoms with Crippen LogP contribution in [0.2, 0.25) is 5.02 Å². The maximum Gasteiger partial charge on any atom is 0.121 e. The number of aromatic nitrogens is 3. The number of halogens is 1. The molecule has 92 valence electrons. The number of hydrogen-bond acceptors (Lipinski definition) is 2. The van der Waals surface area contributed by atoms with Crippen LogP contribution in [0.3, 0.4) is 0 Å². The van der Waals surface area contributed by atoms with Gasteiger partial charge >= 0.3 is 0 Å². The molecule has 3 aromatic rings. The van der Waals surface area contributed by atoms with E-state index in [1.54, 1.807) is 4.68 Å². The van der Waals surface area contributed by atoms with Crippen molar-refractivity contribution in [1.82, 2.24) is 14.8 Å². The first-order valence-corrected chi connectivity index (χ1v) is 6.01. The molecule has 5 heteroatoms. The van der Waals surface area contributed by atoms with E-state index in [2.05, 4.69) is 16.1 Å². The number of nitrogens with zero attached hydrogens (tertiary/aromatic N) is 2. The first kappa shape index (κ1) is 11.2. The zero-order valence-electron chi connectivity index (χ0n) is 10.2. The molecule has 0 spiro atoms. The van der Waals surface area contributed by atoms with Crippen molar-refractivity contribution in [3.8, 4) is 11.3 Å². The van der Waals surface area contributed by atoms with Gasteiger partial charge in [-0.3, -0.25) is 4.68 Å². The Morgan fingerprint density at radius 2 is 2.06 bits per heavy atom. The number of anilines is 1. The molecule has 0 aliphatic rings. The number of H-pyrrole nitrogens is 1. The van der Waals surface area contributed by atoms with Gasteiger partial charge in [0.2, 0.25) is 0 Å². The van der Waals surface area contributed by atoms with Crippen molar-refractivity contribution in [1.29, 1.82) is 0 Å². The monoisotopic (exact) mass is 260 g/mol. The van der Waals surface area contributed by atoms with Crippen LogP contribution in [0.4, 0.5) is 5.82 Å². The van der Waals surface area contributed by atoms with Gasteiger partial charge < -0.3 is 10.7 Å². The Labute approximate surface area is 109 Å². The van der Waals surface area contributed by atoms with Crippen molar-refractivity contribution < 1.29 is 0 Å². The Kier molecular flexibility index (Phi) is 2.35. The van der Waals surface area contributed by atoms with Gasteiger partial charge in [-0.25, -0.2) is 0 Å². The minimum atomic E-state index is 0.615. The third kappa shape index (κ3) is 1.66. The molecule has 4 nitrogen and oxygen atoms in total. The van der Waals surface area contributed by atoms with Crippen LogP contribution in [-0.4, -0.2) is 14.8 Å². The fourth-order valence-corrected chi connectivity index (χ4v) is 2.38. The number of nitrogens with two attached hydrogens (primary N) is 1. The van der Waals surface area contributed by atoms with E-state index in [0.717, 1.165) is 27.9 Å². The van der Waals surface area contributed by atoms with Crippen molar-refractivity contribution in [3.63, 3.8) is 0 Å². The highest BCUT2D eigenvalue weighted by atomic mass is 35.5. The van der Waals surface area contributed by atoms with Gasteiger partial charge in [0.25, 0.3) is 0 Å². The largest absolute Gasteiger partial charge is 0.384 e. The molecule has 0 saturated heterocycles. The number of aromatic amines is 1. The number of nitrogens with one attached hydrogen (secondary N) is 1. The summed E-state index contributed by atoms with van der Waals surface area (Å²) in [5, 5.41) is 6.13. The molecule has 0 radical (unpaired) electrons. The topological polar surface area (TPSA) is 59.6 Å². The van der Waals surface area contributed by atoms with E-state index in [-0.39, 0.29) is 0 Å². The summed E-state index contributed by atoms with van der Waals surface area (Å²) >= 11 is 6.30. The summed E-state index contributed by atoms with van der Waals surface area (Å²) in [6.07, 6.45) is 0. The van der Waals surface area contributed by atoms with Crippen LogP contribution in [0.1, 0.15) is 5.69 Å². The number of benzene rings is 1. The standard InChI is InChI=1S/C13H13ClN4/c1-7-3-8-4-10(14)9(5-11(8)16-7)12-6-13(15)18(2)17-12/h3-6,16H,15H2,1-2H3. The van der Waals surface area contributed by atoms with Gasteiger partial charge in [0.05, 0.1) is 10.7 Å². The first-order valence-electron chi connectivity index (χ1n) is 5.63. The smallest absolute Gasteiger partial charge is 0.121 e. The molecule has 0 amide bonds. The van der Waals surface area contributed by atoms with E-state index < -0.39 is 0 Å². The molecule has 0 atom stereocenters. The van der Waals surface area contributed by atoms with Gasteiger partial charge in [-0.1, -0.05) is 11.6 Å². The minimum absolute atomic E-state index is 0.615. The lowest BCUT2D eigenvalue weighted by molar-refractivity contribution is 0.782. The fraction of sp³-hybridized carbons (Fsp3) is 0.154. The van der Waals surface area contributed by atoms with E-state index in [0.29, 0.717) is 10.8 Å². The van der Waals surface area contributed by atoms with Gasteiger partial charge in [0, 0.05) is 35.3 Å². The lowest BCUT2D eigenvalue weighted by Crippen LogP contribution is -1.96. The molecular weight excluding hydrogens is 248 g/mol. The van der Waals surface area contributed by atoms with Crippen LogP contribution in [0.15, 0.2) is 24.3 Å². The highest BCUT2D eigenvalue weighted by Crippen LogP contribution is 2.32. The summed E-state index contributed by atoms with van der Waals surface area (Å²) in [5.41, 5.74) is 9.63. The zero-order chi connectivity index (χ0) is 12.9. The Balaban J connectivity index is 2.24. The van der Waals surface area contributed by atoms with Crippen molar-refractivity contribution in [2.75, 3.05) is 5.73 Å². The quantitative estimate of drug-likeness (QED) is 0.706. The Hall–Kier alpha value is -1.94. The molecule has 0 bridgehead atoms. The third-order valence-electron chi connectivity index (χ3n) is 3.04. The average Bonchev–Trinajstić information content (AvgIpc) is 2.80. The van der Waals surface area contributed by atoms with Gasteiger partial charge in [-0.15, -0.1) is 0 Å². The van der Waals surface area contributed by atoms with Crippen molar-refractivity contribution in [3.05, 3.63) is 35.0 Å². The average molecular weight is 261 g/mol. The van der Waals surface area contributed by atoms with Gasteiger partial charge in [-0.2, -0.15) is 5.10 Å². The molecule has 0 fully saturated rings. The number of rotatable bonds is 1. The highest BCUT2D eigenvalue weighted by molar-refractivity contribution is 6.34. The Morgan fingerprint density at radius 3 is 2.72 bits per heavy atom. The maximum atomic E-state index is 6.30. The van der Waals surface area contributed by atoms with E-state index in [4.69, 9.17) is 17.3 Å². The van der Waals surface area contributed by atoms with Crippen LogP contribution in [-0.2, 0) is 7.05 Å². The number of aryl methyl sites for hydroxylation is 2. The predicted molar refractivity (Wildman–Crippen MR) is 74.7 cm³/mol. The molecule has 0 unspecified atom stereocenters. The molecular formula is C13H13ClN4. The first-order chi connectivity index (χ1) is 8.54. The van der Waals surface area contributed by atoms with Crippen LogP contribution in [0, 0.1) is 6.92 Å². The van der Waals surface area contributed by atoms with Crippen molar-refractivity contribution >= 4 is 28.3 Å². The molecule has 0 aliphatic heterocycles. The molecule has 3 N–H and O–H groups in total. The number of hydrogen-bond donors (Lipinski definition) is 2. The molecule has 3 rings (SSSR count). The Bertz CT molecular complexity index is 719. The highest BCUT2D eigenvalue weighted by Gasteiger charge is 2.11. The number of nitrogen functional groups attached to an aromatic ring is 1. The lowest BCUT2D eigenvalue weighted by Gasteiger charge is -2.01. The maximum absolute atomic E-state index is 6.30. The zero-order valence-corrected chi connectivity index (χ0v) is 10.9. The van der Waals surface area contributed by atoms with Crippen LogP contribution in [0.25, 0.3) is 22.2 Å². The minimum Gasteiger partial charge on any atom is -0.384 e. The van der Waals surface area contributed by atoms with Crippen LogP contribution < -0.4 is 5.73 Å². The second kappa shape index (κ2) is 3.78.